The van der Waals surface area contributed by atoms with Gasteiger partial charge in [-0.15, -0.1) is 11.8 Å². The van der Waals surface area contributed by atoms with Crippen LogP contribution in [-0.4, -0.2) is 34.5 Å². The number of nitrogens with one attached hydrogen (secondary N) is 1. The molecule has 15 heavy (non-hydrogen) atoms. The van der Waals surface area contributed by atoms with Gasteiger partial charge in [0.05, 0.1) is 5.75 Å². The quantitative estimate of drug-likeness (QED) is 0.696. The Bertz CT molecular complexity index is 219. The molecule has 0 aliphatic carbocycles. The standard InChI is InChI=1S/C10H19NO3S/c1-4-5-11-8(12)6-15-9(7(2)3)10(13)14/h7,9H,4-6H2,1-3H3,(H,11,12)(H,13,14). The first kappa shape index (κ1) is 14.3. The van der Waals surface area contributed by atoms with E-state index in [9.17, 15) is 9.59 Å². The average Bonchev–Trinajstić information content (AvgIpc) is 2.13. The highest BCUT2D eigenvalue weighted by atomic mass is 32.2. The first-order valence-electron chi connectivity index (χ1n) is 5.10. The highest BCUT2D eigenvalue weighted by Crippen LogP contribution is 2.19. The first-order chi connectivity index (χ1) is 6.99. The number of carbonyl (C=O) groups is 2. The van der Waals surface area contributed by atoms with Gasteiger partial charge in [0, 0.05) is 6.54 Å². The molecule has 0 heterocycles. The number of thioether (sulfide) groups is 1. The molecule has 0 rings (SSSR count). The molecular formula is C10H19NO3S. The Morgan fingerprint density at radius 3 is 2.40 bits per heavy atom. The van der Waals surface area contributed by atoms with E-state index in [1.54, 1.807) is 0 Å². The number of hydrogen-bond donors (Lipinski definition) is 2. The molecule has 0 aromatic carbocycles. The van der Waals surface area contributed by atoms with Crippen molar-refractivity contribution in [3.63, 3.8) is 0 Å². The smallest absolute Gasteiger partial charge is 0.316 e. The minimum atomic E-state index is -0.849. The summed E-state index contributed by atoms with van der Waals surface area (Å²) in [6.07, 6.45) is 0.892. The van der Waals surface area contributed by atoms with E-state index in [0.717, 1.165) is 6.42 Å². The molecule has 0 spiro atoms. The van der Waals surface area contributed by atoms with Gasteiger partial charge in [0.25, 0.3) is 0 Å². The maximum atomic E-state index is 11.2. The largest absolute Gasteiger partial charge is 0.480 e. The average molecular weight is 233 g/mol. The minimum Gasteiger partial charge on any atom is -0.480 e. The molecule has 2 N–H and O–H groups in total. The highest BCUT2D eigenvalue weighted by Gasteiger charge is 2.22. The molecule has 88 valence electrons. The van der Waals surface area contributed by atoms with Crippen molar-refractivity contribution in [1.29, 1.82) is 0 Å². The van der Waals surface area contributed by atoms with Crippen LogP contribution in [0.2, 0.25) is 0 Å². The number of hydrogen-bond acceptors (Lipinski definition) is 3. The van der Waals surface area contributed by atoms with Crippen LogP contribution in [0.4, 0.5) is 0 Å². The van der Waals surface area contributed by atoms with Crippen molar-refractivity contribution in [3.05, 3.63) is 0 Å². The lowest BCUT2D eigenvalue weighted by molar-refractivity contribution is -0.137. The number of carboxylic acid groups (broad SMARTS) is 1. The van der Waals surface area contributed by atoms with Gasteiger partial charge in [0.2, 0.25) is 5.91 Å². The van der Waals surface area contributed by atoms with E-state index in [1.165, 1.54) is 11.8 Å². The summed E-state index contributed by atoms with van der Waals surface area (Å²) in [5.41, 5.74) is 0. The van der Waals surface area contributed by atoms with Crippen LogP contribution in [0.3, 0.4) is 0 Å². The number of carbonyl (C=O) groups excluding carboxylic acids is 1. The zero-order valence-corrected chi connectivity index (χ0v) is 10.3. The summed E-state index contributed by atoms with van der Waals surface area (Å²) in [6, 6.07) is 0. The van der Waals surface area contributed by atoms with Crippen LogP contribution < -0.4 is 5.32 Å². The Kier molecular flexibility index (Phi) is 7.21. The molecule has 5 heteroatoms. The Morgan fingerprint density at radius 2 is 2.00 bits per heavy atom. The summed E-state index contributed by atoms with van der Waals surface area (Å²) in [4.78, 5) is 22.0. The van der Waals surface area contributed by atoms with Crippen molar-refractivity contribution >= 4 is 23.6 Å². The second-order valence-electron chi connectivity index (χ2n) is 3.66. The van der Waals surface area contributed by atoms with Gasteiger partial charge in [-0.2, -0.15) is 0 Å². The molecule has 0 radical (unpaired) electrons. The third kappa shape index (κ3) is 6.38. The maximum Gasteiger partial charge on any atom is 0.316 e. The predicted molar refractivity (Wildman–Crippen MR) is 62.0 cm³/mol. The lowest BCUT2D eigenvalue weighted by Gasteiger charge is -2.15. The van der Waals surface area contributed by atoms with E-state index < -0.39 is 11.2 Å². The summed E-state index contributed by atoms with van der Waals surface area (Å²) < 4.78 is 0. The normalized spacial score (nSPS) is 12.5. The Balaban J connectivity index is 3.89. The van der Waals surface area contributed by atoms with Crippen LogP contribution in [0, 0.1) is 5.92 Å². The van der Waals surface area contributed by atoms with Crippen molar-refractivity contribution in [2.24, 2.45) is 5.92 Å². The van der Waals surface area contributed by atoms with Crippen LogP contribution in [-0.2, 0) is 9.59 Å². The molecule has 4 nitrogen and oxygen atoms in total. The monoisotopic (exact) mass is 233 g/mol. The van der Waals surface area contributed by atoms with E-state index in [-0.39, 0.29) is 17.6 Å². The van der Waals surface area contributed by atoms with Crippen LogP contribution in [0.1, 0.15) is 27.2 Å². The van der Waals surface area contributed by atoms with Crippen molar-refractivity contribution in [3.8, 4) is 0 Å². The van der Waals surface area contributed by atoms with Gasteiger partial charge >= 0.3 is 5.97 Å². The van der Waals surface area contributed by atoms with Crippen LogP contribution in [0.25, 0.3) is 0 Å². The summed E-state index contributed by atoms with van der Waals surface area (Å²) in [5.74, 6) is -0.687. The molecular weight excluding hydrogens is 214 g/mol. The van der Waals surface area contributed by atoms with Crippen molar-refractivity contribution < 1.29 is 14.7 Å². The molecule has 0 aliphatic heterocycles. The van der Waals surface area contributed by atoms with E-state index in [0.29, 0.717) is 6.54 Å². The number of amides is 1. The zero-order valence-electron chi connectivity index (χ0n) is 9.45. The molecule has 0 bridgehead atoms. The topological polar surface area (TPSA) is 66.4 Å². The minimum absolute atomic E-state index is 0.0338. The highest BCUT2D eigenvalue weighted by molar-refractivity contribution is 8.01. The zero-order chi connectivity index (χ0) is 11.8. The molecule has 0 aromatic rings. The lowest BCUT2D eigenvalue weighted by atomic mass is 10.1. The Labute approximate surface area is 94.8 Å². The lowest BCUT2D eigenvalue weighted by Crippen LogP contribution is -2.29. The predicted octanol–water partition coefficient (Wildman–Crippen LogP) is 1.35. The van der Waals surface area contributed by atoms with Crippen molar-refractivity contribution in [2.75, 3.05) is 12.3 Å². The fourth-order valence-electron chi connectivity index (χ4n) is 1.03. The summed E-state index contributed by atoms with van der Waals surface area (Å²) in [5, 5.41) is 11.1. The first-order valence-corrected chi connectivity index (χ1v) is 6.15. The van der Waals surface area contributed by atoms with E-state index in [2.05, 4.69) is 5.32 Å². The van der Waals surface area contributed by atoms with E-state index in [4.69, 9.17) is 5.11 Å². The molecule has 0 saturated carbocycles. The number of rotatable bonds is 7. The van der Waals surface area contributed by atoms with Gasteiger partial charge in [-0.05, 0) is 12.3 Å². The second kappa shape index (κ2) is 7.56. The van der Waals surface area contributed by atoms with Gasteiger partial charge < -0.3 is 10.4 Å². The molecule has 0 aromatic heterocycles. The molecule has 0 aliphatic rings. The van der Waals surface area contributed by atoms with Gasteiger partial charge in [-0.25, -0.2) is 0 Å². The van der Waals surface area contributed by atoms with Gasteiger partial charge in [-0.3, -0.25) is 9.59 Å². The van der Waals surface area contributed by atoms with Gasteiger partial charge in [0.15, 0.2) is 0 Å². The fraction of sp³-hybridized carbons (Fsp3) is 0.800. The maximum absolute atomic E-state index is 11.2. The SMILES string of the molecule is CCCNC(=O)CSC(C(=O)O)C(C)C. The Hall–Kier alpha value is -0.710. The summed E-state index contributed by atoms with van der Waals surface area (Å²) in [7, 11) is 0. The van der Waals surface area contributed by atoms with Crippen LogP contribution >= 0.6 is 11.8 Å². The second-order valence-corrected chi connectivity index (χ2v) is 4.79. The fourth-order valence-corrected chi connectivity index (χ4v) is 1.99. The van der Waals surface area contributed by atoms with Gasteiger partial charge in [0.1, 0.15) is 5.25 Å². The van der Waals surface area contributed by atoms with Crippen LogP contribution in [0.15, 0.2) is 0 Å². The van der Waals surface area contributed by atoms with E-state index >= 15 is 0 Å². The summed E-state index contributed by atoms with van der Waals surface area (Å²) in [6.45, 7) is 6.31. The third-order valence-electron chi connectivity index (χ3n) is 1.82. The number of carboxylic acids is 1. The summed E-state index contributed by atoms with van der Waals surface area (Å²) >= 11 is 1.18. The Morgan fingerprint density at radius 1 is 1.40 bits per heavy atom. The molecule has 1 unspecified atom stereocenters. The molecule has 1 atom stereocenters. The van der Waals surface area contributed by atoms with Gasteiger partial charge in [-0.1, -0.05) is 20.8 Å². The third-order valence-corrected chi connectivity index (χ3v) is 3.35. The molecule has 0 fully saturated rings. The molecule has 1 amide bonds. The van der Waals surface area contributed by atoms with E-state index in [1.807, 2.05) is 20.8 Å². The van der Waals surface area contributed by atoms with Crippen LogP contribution in [0.5, 0.6) is 0 Å². The number of aliphatic carboxylic acids is 1. The molecule has 0 saturated heterocycles. The van der Waals surface area contributed by atoms with Crippen molar-refractivity contribution in [1.82, 2.24) is 5.32 Å². The van der Waals surface area contributed by atoms with Crippen molar-refractivity contribution in [2.45, 2.75) is 32.4 Å².